The van der Waals surface area contributed by atoms with Crippen LogP contribution < -0.4 is 11.2 Å². The first-order valence-electron chi connectivity index (χ1n) is 10.4. The summed E-state index contributed by atoms with van der Waals surface area (Å²) in [6.07, 6.45) is 3.17. The molecule has 4 heterocycles. The Morgan fingerprint density at radius 3 is 2.65 bits per heavy atom. The van der Waals surface area contributed by atoms with E-state index in [2.05, 4.69) is 28.2 Å². The van der Waals surface area contributed by atoms with E-state index in [0.717, 1.165) is 22.9 Å². The molecule has 1 saturated heterocycles. The van der Waals surface area contributed by atoms with Crippen molar-refractivity contribution in [3.05, 3.63) is 63.2 Å². The van der Waals surface area contributed by atoms with Gasteiger partial charge in [-0.1, -0.05) is 18.2 Å². The van der Waals surface area contributed by atoms with Crippen molar-refractivity contribution < 1.29 is 4.79 Å². The molecule has 0 bridgehead atoms. The zero-order valence-electron chi connectivity index (χ0n) is 17.5. The lowest BCUT2D eigenvalue weighted by Gasteiger charge is -2.31. The number of fused-ring (bicyclic) bond motifs is 2. The van der Waals surface area contributed by atoms with Crippen LogP contribution in [0.15, 0.2) is 46.2 Å². The highest BCUT2D eigenvalue weighted by atomic mass is 16.2. The topological polar surface area (TPSA) is 97.9 Å². The molecular formula is C22H24N6O3. The molecule has 31 heavy (non-hydrogen) atoms. The second-order valence-electron chi connectivity index (χ2n) is 8.23. The number of hydrogen-bond donors (Lipinski definition) is 1. The van der Waals surface area contributed by atoms with Crippen molar-refractivity contribution >= 4 is 28.0 Å². The third-order valence-corrected chi connectivity index (χ3v) is 6.33. The summed E-state index contributed by atoms with van der Waals surface area (Å²) < 4.78 is 3.90. The second-order valence-corrected chi connectivity index (χ2v) is 8.23. The largest absolute Gasteiger partial charge is 0.358 e. The van der Waals surface area contributed by atoms with E-state index < -0.39 is 11.2 Å². The molecule has 9 nitrogen and oxygen atoms in total. The highest BCUT2D eigenvalue weighted by Crippen LogP contribution is 2.29. The number of para-hydroxylation sites is 1. The van der Waals surface area contributed by atoms with Gasteiger partial charge in [0.1, 0.15) is 6.54 Å². The summed E-state index contributed by atoms with van der Waals surface area (Å²) in [6, 6.07) is 10.4. The number of aryl methyl sites for hydroxylation is 2. The normalized spacial score (nSPS) is 15.2. The van der Waals surface area contributed by atoms with E-state index in [-0.39, 0.29) is 12.5 Å². The van der Waals surface area contributed by atoms with E-state index in [9.17, 15) is 14.4 Å². The fourth-order valence-electron chi connectivity index (χ4n) is 4.53. The van der Waals surface area contributed by atoms with Crippen molar-refractivity contribution in [3.63, 3.8) is 0 Å². The molecule has 9 heteroatoms. The van der Waals surface area contributed by atoms with Gasteiger partial charge in [-0.05, 0) is 30.4 Å². The Morgan fingerprint density at radius 1 is 1.16 bits per heavy atom. The highest BCUT2D eigenvalue weighted by Gasteiger charge is 2.26. The molecule has 0 unspecified atom stereocenters. The fraction of sp³-hybridized carbons (Fsp3) is 0.364. The molecule has 0 spiro atoms. The minimum atomic E-state index is -0.530. The lowest BCUT2D eigenvalue weighted by Crippen LogP contribution is -2.46. The number of hydrogen-bond acceptors (Lipinski definition) is 4. The first-order chi connectivity index (χ1) is 14.9. The van der Waals surface area contributed by atoms with Crippen molar-refractivity contribution in [2.45, 2.75) is 25.3 Å². The average Bonchev–Trinajstić information content (AvgIpc) is 3.39. The lowest BCUT2D eigenvalue weighted by molar-refractivity contribution is -0.133. The van der Waals surface area contributed by atoms with Gasteiger partial charge in [-0.2, -0.15) is 0 Å². The van der Waals surface area contributed by atoms with Gasteiger partial charge < -0.3 is 14.5 Å². The number of nitrogens with zero attached hydrogens (tertiary/aromatic N) is 5. The molecule has 0 atom stereocenters. The minimum absolute atomic E-state index is 0.212. The molecule has 1 amide bonds. The maximum atomic E-state index is 12.9. The van der Waals surface area contributed by atoms with E-state index in [0.29, 0.717) is 30.2 Å². The number of piperidine rings is 1. The summed E-state index contributed by atoms with van der Waals surface area (Å²) in [5.41, 5.74) is 1.93. The lowest BCUT2D eigenvalue weighted by atomic mass is 9.93. The van der Waals surface area contributed by atoms with Gasteiger partial charge in [0.15, 0.2) is 11.2 Å². The number of likely N-dealkylation sites (tertiary alicyclic amines) is 1. The van der Waals surface area contributed by atoms with Gasteiger partial charge in [0, 0.05) is 44.3 Å². The molecule has 1 aromatic carbocycles. The molecule has 1 aliphatic rings. The van der Waals surface area contributed by atoms with Crippen LogP contribution in [0.4, 0.5) is 0 Å². The van der Waals surface area contributed by atoms with Crippen LogP contribution in [-0.4, -0.2) is 47.6 Å². The van der Waals surface area contributed by atoms with Crippen LogP contribution in [0.25, 0.3) is 22.1 Å². The second kappa shape index (κ2) is 7.26. The number of nitrogens with one attached hydrogen (secondary N) is 1. The Kier molecular flexibility index (Phi) is 4.53. The van der Waals surface area contributed by atoms with Crippen LogP contribution in [0.1, 0.15) is 24.5 Å². The first kappa shape index (κ1) is 19.3. The molecule has 0 aliphatic carbocycles. The molecule has 4 aromatic rings. The van der Waals surface area contributed by atoms with E-state index in [1.807, 2.05) is 12.1 Å². The predicted octanol–water partition coefficient (Wildman–Crippen LogP) is 1.32. The zero-order valence-corrected chi connectivity index (χ0v) is 17.5. The SMILES string of the molecule is Cn1cnc2c1c(=O)n(CC(=O)N1CCC(c3cc4ccccc4[nH]3)CC1)c(=O)n2C. The summed E-state index contributed by atoms with van der Waals surface area (Å²) in [5.74, 6) is 0.147. The molecule has 160 valence electrons. The Labute approximate surface area is 177 Å². The molecule has 1 fully saturated rings. The first-order valence-corrected chi connectivity index (χ1v) is 10.4. The summed E-state index contributed by atoms with van der Waals surface area (Å²) in [4.78, 5) is 47.8. The third kappa shape index (κ3) is 3.17. The third-order valence-electron chi connectivity index (χ3n) is 6.33. The molecule has 3 aromatic heterocycles. The number of carbonyl (C=O) groups excluding carboxylic acids is 1. The van der Waals surface area contributed by atoms with Gasteiger partial charge in [-0.15, -0.1) is 0 Å². The smallest absolute Gasteiger partial charge is 0.332 e. The van der Waals surface area contributed by atoms with Gasteiger partial charge in [0.05, 0.1) is 6.33 Å². The van der Waals surface area contributed by atoms with Crippen molar-refractivity contribution in [2.75, 3.05) is 13.1 Å². The van der Waals surface area contributed by atoms with Crippen LogP contribution in [0.3, 0.4) is 0 Å². The summed E-state index contributed by atoms with van der Waals surface area (Å²) in [7, 11) is 3.26. The van der Waals surface area contributed by atoms with Gasteiger partial charge in [0.2, 0.25) is 5.91 Å². The maximum Gasteiger partial charge on any atom is 0.332 e. The van der Waals surface area contributed by atoms with E-state index in [1.165, 1.54) is 22.0 Å². The molecule has 0 saturated carbocycles. The Morgan fingerprint density at radius 2 is 1.90 bits per heavy atom. The van der Waals surface area contributed by atoms with Crippen LogP contribution in [0, 0.1) is 0 Å². The molecule has 1 aliphatic heterocycles. The quantitative estimate of drug-likeness (QED) is 0.541. The number of amides is 1. The standard InChI is InChI=1S/C22H24N6O3/c1-25-13-23-20-19(25)21(30)28(22(31)26(20)2)12-18(29)27-9-7-14(8-10-27)17-11-15-5-3-4-6-16(15)24-17/h3-6,11,13-14,24H,7-10,12H2,1-2H3. The van der Waals surface area contributed by atoms with Gasteiger partial charge in [0.25, 0.3) is 5.56 Å². The van der Waals surface area contributed by atoms with Crippen LogP contribution in [-0.2, 0) is 25.4 Å². The van der Waals surface area contributed by atoms with E-state index in [4.69, 9.17) is 0 Å². The zero-order chi connectivity index (χ0) is 21.7. The average molecular weight is 420 g/mol. The van der Waals surface area contributed by atoms with E-state index in [1.54, 1.807) is 23.6 Å². The number of benzene rings is 1. The molecule has 5 rings (SSSR count). The summed E-state index contributed by atoms with van der Waals surface area (Å²) >= 11 is 0. The van der Waals surface area contributed by atoms with Crippen molar-refractivity contribution in [3.8, 4) is 0 Å². The minimum Gasteiger partial charge on any atom is -0.358 e. The van der Waals surface area contributed by atoms with Crippen LogP contribution in [0.2, 0.25) is 0 Å². The summed E-state index contributed by atoms with van der Waals surface area (Å²) in [5, 5.41) is 1.19. The van der Waals surface area contributed by atoms with Crippen molar-refractivity contribution in [1.82, 2.24) is 28.6 Å². The molecule has 0 radical (unpaired) electrons. The van der Waals surface area contributed by atoms with Crippen molar-refractivity contribution in [2.24, 2.45) is 14.1 Å². The summed E-state index contributed by atoms with van der Waals surface area (Å²) in [6.45, 7) is 0.938. The van der Waals surface area contributed by atoms with E-state index >= 15 is 0 Å². The number of H-pyrrole nitrogens is 1. The van der Waals surface area contributed by atoms with Gasteiger partial charge in [-0.25, -0.2) is 14.3 Å². The maximum absolute atomic E-state index is 12.9. The van der Waals surface area contributed by atoms with Crippen LogP contribution >= 0.6 is 0 Å². The number of carbonyl (C=O) groups is 1. The Bertz CT molecular complexity index is 1380. The fourth-order valence-corrected chi connectivity index (χ4v) is 4.53. The van der Waals surface area contributed by atoms with Crippen molar-refractivity contribution in [1.29, 1.82) is 0 Å². The Balaban J connectivity index is 1.33. The van der Waals surface area contributed by atoms with Gasteiger partial charge >= 0.3 is 5.69 Å². The van der Waals surface area contributed by atoms with Gasteiger partial charge in [-0.3, -0.25) is 14.2 Å². The highest BCUT2D eigenvalue weighted by molar-refractivity contribution is 5.80. The number of aromatic amines is 1. The Hall–Kier alpha value is -3.62. The molecule has 1 N–H and O–H groups in total. The number of rotatable bonds is 3. The predicted molar refractivity (Wildman–Crippen MR) is 117 cm³/mol. The monoisotopic (exact) mass is 420 g/mol. The van der Waals surface area contributed by atoms with Crippen LogP contribution in [0.5, 0.6) is 0 Å². The number of imidazole rings is 1. The molecular weight excluding hydrogens is 396 g/mol. The number of aromatic nitrogens is 5.